The van der Waals surface area contributed by atoms with E-state index in [0.29, 0.717) is 0 Å². The summed E-state index contributed by atoms with van der Waals surface area (Å²) in [5.41, 5.74) is 0.173. The molecular weight excluding hydrogens is 450 g/mol. The molecule has 0 spiro atoms. The summed E-state index contributed by atoms with van der Waals surface area (Å²) in [4.78, 5) is 3.46. The second kappa shape index (κ2) is 8.78. The predicted octanol–water partition coefficient (Wildman–Crippen LogP) is 5.58. The van der Waals surface area contributed by atoms with Gasteiger partial charge in [0.15, 0.2) is 0 Å². The van der Waals surface area contributed by atoms with E-state index in [-0.39, 0.29) is 28.1 Å². The summed E-state index contributed by atoms with van der Waals surface area (Å²) in [7, 11) is 3.71. The Morgan fingerprint density at radius 1 is 1.20 bits per heavy atom. The minimum Gasteiger partial charge on any atom is -0.506 e. The van der Waals surface area contributed by atoms with Crippen molar-refractivity contribution in [3.63, 3.8) is 0 Å². The summed E-state index contributed by atoms with van der Waals surface area (Å²) < 4.78 is 72.0. The fourth-order valence-electron chi connectivity index (χ4n) is 2.69. The van der Waals surface area contributed by atoms with Gasteiger partial charge in [-0.1, -0.05) is 26.9 Å². The second-order valence-electron chi connectivity index (χ2n) is 6.06. The highest BCUT2D eigenvalue weighted by atomic mass is 35.5. The van der Waals surface area contributed by atoms with E-state index in [1.54, 1.807) is 0 Å². The average Bonchev–Trinajstić information content (AvgIpc) is 2.64. The molecule has 0 saturated heterocycles. The number of methoxy groups -OCH3 is 1. The lowest BCUT2D eigenvalue weighted by molar-refractivity contribution is -0.137. The van der Waals surface area contributed by atoms with Gasteiger partial charge >= 0.3 is 6.18 Å². The summed E-state index contributed by atoms with van der Waals surface area (Å²) in [6, 6.07) is 5.67. The van der Waals surface area contributed by atoms with E-state index in [1.165, 1.54) is 34.5 Å². The van der Waals surface area contributed by atoms with Gasteiger partial charge in [0.05, 0.1) is 23.3 Å². The highest BCUT2D eigenvalue weighted by molar-refractivity contribution is 7.20. The quantitative estimate of drug-likeness (QED) is 0.343. The first kappa shape index (κ1) is 23.9. The summed E-state index contributed by atoms with van der Waals surface area (Å²) in [5.74, 6) is -0.513. The first-order valence-electron chi connectivity index (χ1n) is 8.19. The number of aliphatic imine (C=N–C) groups is 1. The molecule has 0 saturated carbocycles. The Morgan fingerprint density at radius 3 is 2.33 bits per heavy atom. The Bertz CT molecular complexity index is 1020. The summed E-state index contributed by atoms with van der Waals surface area (Å²) in [6.45, 7) is 0. The van der Waals surface area contributed by atoms with Crippen LogP contribution in [0.25, 0.3) is 16.8 Å². The molecule has 0 amide bonds. The zero-order valence-electron chi connectivity index (χ0n) is 15.7. The van der Waals surface area contributed by atoms with Crippen LogP contribution < -0.4 is 10.5 Å². The smallest absolute Gasteiger partial charge is 0.417 e. The van der Waals surface area contributed by atoms with Crippen molar-refractivity contribution in [3.8, 4) is 22.6 Å². The van der Waals surface area contributed by atoms with Crippen molar-refractivity contribution in [2.45, 2.75) is 11.8 Å². The molecule has 0 heterocycles. The van der Waals surface area contributed by atoms with Crippen molar-refractivity contribution in [1.82, 2.24) is 0 Å². The number of alkyl halides is 5. The van der Waals surface area contributed by atoms with Gasteiger partial charge in [0.1, 0.15) is 17.2 Å². The number of allylic oxidation sites excluding steroid dienone is 1. The van der Waals surface area contributed by atoms with Crippen LogP contribution in [0.3, 0.4) is 0 Å². The molecular formula is C19H17ClF5N2O2P. The SMILES string of the molecule is CN=C(C=C(N)c1ccc(OC)c(-c2ccc(Cl)c(C(F)(F)F)c2)c1O)C(F)(F)P. The number of benzene rings is 2. The van der Waals surface area contributed by atoms with Crippen molar-refractivity contribution in [2.24, 2.45) is 10.7 Å². The lowest BCUT2D eigenvalue weighted by atomic mass is 9.96. The highest BCUT2D eigenvalue weighted by Gasteiger charge is 2.34. The Balaban J connectivity index is 2.72. The van der Waals surface area contributed by atoms with Crippen molar-refractivity contribution in [2.75, 3.05) is 14.2 Å². The Hall–Kier alpha value is -2.38. The van der Waals surface area contributed by atoms with Crippen LogP contribution in [0.2, 0.25) is 5.02 Å². The number of rotatable bonds is 5. The van der Waals surface area contributed by atoms with Crippen LogP contribution in [0.4, 0.5) is 22.0 Å². The number of phenols is 1. The zero-order valence-corrected chi connectivity index (χ0v) is 17.6. The van der Waals surface area contributed by atoms with Gasteiger partial charge in [-0.3, -0.25) is 4.99 Å². The molecule has 0 bridgehead atoms. The van der Waals surface area contributed by atoms with Crippen LogP contribution in [0, 0.1) is 0 Å². The van der Waals surface area contributed by atoms with Crippen LogP contribution in [0.1, 0.15) is 11.1 Å². The number of nitrogens with zero attached hydrogens (tertiary/aromatic N) is 1. The zero-order chi connectivity index (χ0) is 22.9. The number of ether oxygens (including phenoxy) is 1. The average molecular weight is 467 g/mol. The Kier molecular flexibility index (Phi) is 6.99. The fraction of sp³-hybridized carbons (Fsp3) is 0.211. The van der Waals surface area contributed by atoms with Crippen LogP contribution in [-0.4, -0.2) is 30.6 Å². The molecule has 0 aliphatic heterocycles. The van der Waals surface area contributed by atoms with E-state index in [0.717, 1.165) is 25.3 Å². The summed E-state index contributed by atoms with van der Waals surface area (Å²) in [6.07, 6.45) is -3.87. The molecule has 1 atom stereocenters. The van der Waals surface area contributed by atoms with Gasteiger partial charge in [0.2, 0.25) is 0 Å². The maximum atomic E-state index is 13.6. The third-order valence-corrected chi connectivity index (χ3v) is 4.73. The minimum absolute atomic E-state index is 0.0419. The number of phenolic OH excluding ortho intramolecular Hbond substituents is 1. The van der Waals surface area contributed by atoms with E-state index in [4.69, 9.17) is 22.1 Å². The van der Waals surface area contributed by atoms with E-state index >= 15 is 0 Å². The van der Waals surface area contributed by atoms with Gasteiger partial charge in [0.25, 0.3) is 5.66 Å². The summed E-state index contributed by atoms with van der Waals surface area (Å²) in [5, 5.41) is 10.2. The highest BCUT2D eigenvalue weighted by Crippen LogP contribution is 2.44. The Labute approximate surface area is 176 Å². The molecule has 4 nitrogen and oxygen atoms in total. The monoisotopic (exact) mass is 466 g/mol. The van der Waals surface area contributed by atoms with Crippen molar-refractivity contribution in [3.05, 3.63) is 52.6 Å². The van der Waals surface area contributed by atoms with Crippen molar-refractivity contribution < 1.29 is 31.8 Å². The second-order valence-corrected chi connectivity index (χ2v) is 7.20. The van der Waals surface area contributed by atoms with Crippen LogP contribution in [0.5, 0.6) is 11.5 Å². The lowest BCUT2D eigenvalue weighted by Gasteiger charge is -2.17. The van der Waals surface area contributed by atoms with Crippen molar-refractivity contribution >= 4 is 32.2 Å². The third kappa shape index (κ3) is 5.02. The molecule has 0 radical (unpaired) electrons. The van der Waals surface area contributed by atoms with Gasteiger partial charge < -0.3 is 15.6 Å². The lowest BCUT2D eigenvalue weighted by Crippen LogP contribution is -2.20. The molecule has 30 heavy (non-hydrogen) atoms. The number of aromatic hydroxyl groups is 1. The number of halogens is 6. The molecule has 1 unspecified atom stereocenters. The first-order chi connectivity index (χ1) is 13.8. The first-order valence-corrected chi connectivity index (χ1v) is 9.15. The van der Waals surface area contributed by atoms with Crippen LogP contribution in [0.15, 0.2) is 41.4 Å². The van der Waals surface area contributed by atoms with E-state index in [1.807, 2.05) is 0 Å². The normalized spacial score (nSPS) is 13.5. The standard InChI is InChI=1S/C19H17ClF5N2O2P/c1-27-15(19(24,25)30)8-13(26)10-4-6-14(29-2)16(17(10)28)9-3-5-12(20)11(7-9)18(21,22)23/h3-8,28H,26,30H2,1-2H3. The van der Waals surface area contributed by atoms with Gasteiger partial charge in [0, 0.05) is 18.3 Å². The molecule has 3 N–H and O–H groups in total. The molecule has 0 fully saturated rings. The third-order valence-electron chi connectivity index (χ3n) is 4.11. The summed E-state index contributed by atoms with van der Waals surface area (Å²) >= 11 is 5.65. The molecule has 2 aromatic rings. The Morgan fingerprint density at radius 2 is 1.83 bits per heavy atom. The van der Waals surface area contributed by atoms with Gasteiger partial charge in [-0.15, -0.1) is 0 Å². The van der Waals surface area contributed by atoms with E-state index in [2.05, 4.69) is 4.99 Å². The van der Waals surface area contributed by atoms with Gasteiger partial charge in [-0.2, -0.15) is 22.0 Å². The minimum atomic E-state index is -4.73. The fourth-order valence-corrected chi connectivity index (χ4v) is 3.12. The molecule has 162 valence electrons. The number of hydrogen-bond acceptors (Lipinski definition) is 4. The molecule has 2 aromatic carbocycles. The van der Waals surface area contributed by atoms with Crippen LogP contribution in [-0.2, 0) is 6.18 Å². The van der Waals surface area contributed by atoms with E-state index < -0.39 is 33.9 Å². The predicted molar refractivity (Wildman–Crippen MR) is 110 cm³/mol. The number of hydrogen-bond donors (Lipinski definition) is 2. The number of nitrogens with two attached hydrogens (primary N) is 1. The van der Waals surface area contributed by atoms with Gasteiger partial charge in [-0.25, -0.2) is 0 Å². The largest absolute Gasteiger partial charge is 0.506 e. The van der Waals surface area contributed by atoms with Crippen molar-refractivity contribution in [1.29, 1.82) is 0 Å². The molecule has 0 aliphatic rings. The van der Waals surface area contributed by atoms with E-state index in [9.17, 15) is 27.1 Å². The van der Waals surface area contributed by atoms with Crippen LogP contribution >= 0.6 is 20.8 Å². The maximum Gasteiger partial charge on any atom is 0.417 e. The molecule has 11 heteroatoms. The topological polar surface area (TPSA) is 67.8 Å². The molecule has 0 aliphatic carbocycles. The maximum absolute atomic E-state index is 13.6. The molecule has 2 rings (SSSR count). The van der Waals surface area contributed by atoms with Gasteiger partial charge in [-0.05, 0) is 35.9 Å². The molecule has 0 aromatic heterocycles.